The molecule has 0 aromatic heterocycles. The molecule has 0 aliphatic heterocycles. The van der Waals surface area contributed by atoms with Crippen LogP contribution in [-0.2, 0) is 29.9 Å². The summed E-state index contributed by atoms with van der Waals surface area (Å²) in [5, 5.41) is 0. The molecule has 0 radical (unpaired) electrons. The van der Waals surface area contributed by atoms with Crippen LogP contribution in [0.15, 0.2) is 84.0 Å². The Morgan fingerprint density at radius 3 is 1.49 bits per heavy atom. The van der Waals surface area contributed by atoms with Crippen molar-refractivity contribution in [1.82, 2.24) is 0 Å². The Bertz CT molecular complexity index is 1380. The minimum Gasteiger partial charge on any atom is -0.466 e. The Morgan fingerprint density at radius 2 is 1.05 bits per heavy atom. The normalized spacial score (nSPS) is 23.7. The average molecular weight is 549 g/mol. The van der Waals surface area contributed by atoms with E-state index in [1.165, 1.54) is 44.5 Å². The van der Waals surface area contributed by atoms with Crippen LogP contribution in [0, 0.1) is 0 Å². The smallest absolute Gasteiger partial charge is 0.305 e. The molecule has 212 valence electrons. The first-order valence-electron chi connectivity index (χ1n) is 15.4. The minimum absolute atomic E-state index is 0.150. The summed E-state index contributed by atoms with van der Waals surface area (Å²) in [7, 11) is 0. The van der Waals surface area contributed by atoms with E-state index >= 15 is 0 Å². The van der Waals surface area contributed by atoms with Crippen molar-refractivity contribution in [3.8, 4) is 0 Å². The standard InChI is InChI=1S/C37H40O4/c1-3-40-34(38)21-23-36(30-17-9-5-13-26(30)27-14-6-10-18-31(27)36)25-37(24-22-35(39)41-4-2)32-19-11-7-15-28(32)29-16-8-12-20-33(29)37/h5,7,9,11,13-20H,3-4,6,8,10,12,21-25H2,1-2H3/t36-,37?/m0/s1. The fourth-order valence-electron chi connectivity index (χ4n) is 8.04. The minimum atomic E-state index is -0.384. The van der Waals surface area contributed by atoms with Gasteiger partial charge < -0.3 is 9.47 Å². The van der Waals surface area contributed by atoms with E-state index < -0.39 is 0 Å². The van der Waals surface area contributed by atoms with Gasteiger partial charge in [0.25, 0.3) is 0 Å². The van der Waals surface area contributed by atoms with E-state index in [-0.39, 0.29) is 22.8 Å². The number of carbonyl (C=O) groups excluding carboxylic acids is 2. The van der Waals surface area contributed by atoms with E-state index in [1.54, 1.807) is 0 Å². The van der Waals surface area contributed by atoms with Gasteiger partial charge in [0.15, 0.2) is 0 Å². The maximum Gasteiger partial charge on any atom is 0.305 e. The van der Waals surface area contributed by atoms with Gasteiger partial charge in [0.1, 0.15) is 0 Å². The van der Waals surface area contributed by atoms with Gasteiger partial charge in [0.2, 0.25) is 0 Å². The Kier molecular flexibility index (Phi) is 7.59. The van der Waals surface area contributed by atoms with Crippen molar-refractivity contribution in [2.45, 2.75) is 82.5 Å². The van der Waals surface area contributed by atoms with Gasteiger partial charge in [0, 0.05) is 23.7 Å². The van der Waals surface area contributed by atoms with Crippen LogP contribution in [0.2, 0.25) is 0 Å². The third-order valence-corrected chi connectivity index (χ3v) is 9.53. The lowest BCUT2D eigenvalue weighted by Gasteiger charge is -2.44. The summed E-state index contributed by atoms with van der Waals surface area (Å²) in [6.45, 7) is 4.50. The molecule has 4 aliphatic carbocycles. The van der Waals surface area contributed by atoms with Crippen LogP contribution in [0.4, 0.5) is 0 Å². The summed E-state index contributed by atoms with van der Waals surface area (Å²) in [4.78, 5) is 25.8. The zero-order valence-electron chi connectivity index (χ0n) is 24.3. The molecular formula is C37H40O4. The molecule has 0 bridgehead atoms. The molecule has 4 nitrogen and oxygen atoms in total. The van der Waals surface area contributed by atoms with E-state index in [2.05, 4.69) is 72.8 Å². The summed E-state index contributed by atoms with van der Waals surface area (Å²) in [6, 6.07) is 17.5. The fourth-order valence-corrected chi connectivity index (χ4v) is 8.04. The van der Waals surface area contributed by atoms with Crippen LogP contribution in [0.3, 0.4) is 0 Å². The fraction of sp³-hybridized carbons (Fsp3) is 0.405. The third kappa shape index (κ3) is 4.62. The number of rotatable bonds is 10. The van der Waals surface area contributed by atoms with E-state index in [9.17, 15) is 9.59 Å². The van der Waals surface area contributed by atoms with Crippen molar-refractivity contribution < 1.29 is 19.1 Å². The van der Waals surface area contributed by atoms with Crippen molar-refractivity contribution in [3.05, 3.63) is 106 Å². The van der Waals surface area contributed by atoms with E-state index in [4.69, 9.17) is 9.47 Å². The Morgan fingerprint density at radius 1 is 0.634 bits per heavy atom. The first-order valence-corrected chi connectivity index (χ1v) is 15.4. The van der Waals surface area contributed by atoms with Crippen LogP contribution in [0.5, 0.6) is 0 Å². The van der Waals surface area contributed by atoms with Crippen molar-refractivity contribution in [3.63, 3.8) is 0 Å². The lowest BCUT2D eigenvalue weighted by atomic mass is 9.59. The average Bonchev–Trinajstić information content (AvgIpc) is 3.44. The molecule has 2 aromatic rings. The van der Waals surface area contributed by atoms with E-state index in [0.717, 1.165) is 32.1 Å². The van der Waals surface area contributed by atoms with E-state index in [1.807, 2.05) is 13.8 Å². The second-order valence-corrected chi connectivity index (χ2v) is 11.7. The van der Waals surface area contributed by atoms with Crippen molar-refractivity contribution in [2.24, 2.45) is 0 Å². The number of allylic oxidation sites excluding steroid dienone is 8. The van der Waals surface area contributed by atoms with E-state index in [0.29, 0.717) is 38.9 Å². The lowest BCUT2D eigenvalue weighted by molar-refractivity contribution is -0.144. The quantitative estimate of drug-likeness (QED) is 0.281. The molecule has 0 heterocycles. The molecule has 6 rings (SSSR count). The second kappa shape index (κ2) is 11.3. The molecule has 0 N–H and O–H groups in total. The Balaban J connectivity index is 1.55. The van der Waals surface area contributed by atoms with Gasteiger partial charge in [-0.2, -0.15) is 0 Å². The molecule has 1 unspecified atom stereocenters. The van der Waals surface area contributed by atoms with Crippen molar-refractivity contribution >= 4 is 23.1 Å². The molecule has 0 spiro atoms. The first-order chi connectivity index (χ1) is 20.0. The molecule has 0 saturated carbocycles. The second-order valence-electron chi connectivity index (χ2n) is 11.7. The zero-order chi connectivity index (χ0) is 28.5. The molecule has 0 amide bonds. The SMILES string of the molecule is CCOC(=O)CCC1(C[C@]2(CCC(=O)OCC)C3=CCCC=C3c3ccccc32)C2=CCCC=C2c2ccccc21. The van der Waals surface area contributed by atoms with Crippen molar-refractivity contribution in [1.29, 1.82) is 0 Å². The van der Waals surface area contributed by atoms with Gasteiger partial charge in [-0.25, -0.2) is 0 Å². The molecule has 2 atom stereocenters. The number of hydrogen-bond acceptors (Lipinski definition) is 4. The number of hydrogen-bond donors (Lipinski definition) is 0. The van der Waals surface area contributed by atoms with Crippen molar-refractivity contribution in [2.75, 3.05) is 13.2 Å². The maximum atomic E-state index is 12.9. The van der Waals surface area contributed by atoms with Gasteiger partial charge in [-0.15, -0.1) is 0 Å². The van der Waals surface area contributed by atoms with Crippen LogP contribution >= 0.6 is 0 Å². The molecule has 0 fully saturated rings. The largest absolute Gasteiger partial charge is 0.466 e. The predicted molar refractivity (Wildman–Crippen MR) is 163 cm³/mol. The molecule has 41 heavy (non-hydrogen) atoms. The summed E-state index contributed by atoms with van der Waals surface area (Å²) >= 11 is 0. The number of benzene rings is 2. The summed E-state index contributed by atoms with van der Waals surface area (Å²) in [5.74, 6) is -0.300. The molecule has 0 saturated heterocycles. The molecule has 4 aliphatic rings. The Labute approximate surface area is 243 Å². The molecule has 4 heteroatoms. The number of ether oxygens (including phenoxy) is 2. The van der Waals surface area contributed by atoms with Gasteiger partial charge in [-0.3, -0.25) is 9.59 Å². The zero-order valence-corrected chi connectivity index (χ0v) is 24.3. The highest BCUT2D eigenvalue weighted by Crippen LogP contribution is 2.64. The van der Waals surface area contributed by atoms with Crippen LogP contribution in [0.25, 0.3) is 11.1 Å². The highest BCUT2D eigenvalue weighted by molar-refractivity contribution is 5.94. The highest BCUT2D eigenvalue weighted by atomic mass is 16.5. The lowest BCUT2D eigenvalue weighted by Crippen LogP contribution is -2.39. The number of fused-ring (bicyclic) bond motifs is 6. The monoisotopic (exact) mass is 548 g/mol. The topological polar surface area (TPSA) is 52.6 Å². The van der Waals surface area contributed by atoms with Gasteiger partial charge >= 0.3 is 11.9 Å². The Hall–Kier alpha value is -3.66. The van der Waals surface area contributed by atoms with Crippen LogP contribution in [-0.4, -0.2) is 25.2 Å². The number of carbonyl (C=O) groups is 2. The van der Waals surface area contributed by atoms with Crippen LogP contribution in [0.1, 0.15) is 93.9 Å². The van der Waals surface area contributed by atoms with Gasteiger partial charge in [-0.1, -0.05) is 72.8 Å². The summed E-state index contributed by atoms with van der Waals surface area (Å²) in [5.41, 5.74) is 9.70. The van der Waals surface area contributed by atoms with Gasteiger partial charge in [-0.05, 0) is 103 Å². The molecular weight excluding hydrogens is 508 g/mol. The molecule has 2 aromatic carbocycles. The first kappa shape index (κ1) is 27.5. The predicted octanol–water partition coefficient (Wildman–Crippen LogP) is 8.17. The van der Waals surface area contributed by atoms with Gasteiger partial charge in [0.05, 0.1) is 13.2 Å². The highest BCUT2D eigenvalue weighted by Gasteiger charge is 2.55. The maximum absolute atomic E-state index is 12.9. The third-order valence-electron chi connectivity index (χ3n) is 9.53. The van der Waals surface area contributed by atoms with Crippen LogP contribution < -0.4 is 0 Å². The summed E-state index contributed by atoms with van der Waals surface area (Å²) < 4.78 is 10.9. The summed E-state index contributed by atoms with van der Waals surface area (Å²) in [6.07, 6.45) is 16.5. The number of esters is 2.